The van der Waals surface area contributed by atoms with Crippen LogP contribution in [0.25, 0.3) is 0 Å². The predicted octanol–water partition coefficient (Wildman–Crippen LogP) is 5.12. The van der Waals surface area contributed by atoms with Crippen molar-refractivity contribution in [2.45, 2.75) is 114 Å². The van der Waals surface area contributed by atoms with Gasteiger partial charge in [-0.25, -0.2) is 4.79 Å². The van der Waals surface area contributed by atoms with Gasteiger partial charge in [-0.2, -0.15) is 0 Å². The van der Waals surface area contributed by atoms with Crippen LogP contribution in [0.4, 0.5) is 0 Å². The Labute approximate surface area is 221 Å². The SMILES string of the molecule is C=C1C[C@H](C)C[C@@H]2CC=C[C@@H](C/C=C\C(=O)OC([C@@H](O)/C=C/C3CCC=CCC3)C[C@@H]3O[C@H]3[C@@H](O)C1)O2. The van der Waals surface area contributed by atoms with Gasteiger partial charge in [0, 0.05) is 12.5 Å². The van der Waals surface area contributed by atoms with Crippen molar-refractivity contribution in [3.05, 3.63) is 60.8 Å². The highest BCUT2D eigenvalue weighted by molar-refractivity contribution is 5.82. The van der Waals surface area contributed by atoms with E-state index in [0.717, 1.165) is 50.5 Å². The summed E-state index contributed by atoms with van der Waals surface area (Å²) in [6.07, 6.45) is 21.0. The van der Waals surface area contributed by atoms with Crippen LogP contribution in [0.1, 0.15) is 71.1 Å². The molecule has 4 rings (SSSR count). The lowest BCUT2D eigenvalue weighted by Crippen LogP contribution is -2.32. The fourth-order valence-corrected chi connectivity index (χ4v) is 5.78. The summed E-state index contributed by atoms with van der Waals surface area (Å²) in [5, 5.41) is 21.7. The molecule has 6 nitrogen and oxygen atoms in total. The molecule has 0 aromatic heterocycles. The van der Waals surface area contributed by atoms with Crippen molar-refractivity contribution in [3.63, 3.8) is 0 Å². The summed E-state index contributed by atoms with van der Waals surface area (Å²) in [4.78, 5) is 12.7. The number of cyclic esters (lactones) is 1. The lowest BCUT2D eigenvalue weighted by molar-refractivity contribution is -0.148. The molecule has 0 radical (unpaired) electrons. The molecular formula is C31H44O6. The van der Waals surface area contributed by atoms with Crippen molar-refractivity contribution in [2.75, 3.05) is 0 Å². The van der Waals surface area contributed by atoms with Gasteiger partial charge in [-0.15, -0.1) is 0 Å². The second-order valence-corrected chi connectivity index (χ2v) is 11.3. The standard InChI is InChI=1S/C31H44O6/c1-21-17-22(2)19-27(33)31-29(37-31)20-28(26(32)16-15-23-9-5-3-4-6-10-23)36-30(34)14-8-12-24-11-7-13-25(18-21)35-24/h3-4,7-8,11,14-16,21,23-29,31-33H,2,5-6,9-10,12-13,17-20H2,1H3/b14-8-,16-15+/t21-,24-,25-,26-,27-,28?,29-,31-/m0/s1. The van der Waals surface area contributed by atoms with E-state index in [1.807, 2.05) is 0 Å². The summed E-state index contributed by atoms with van der Waals surface area (Å²) in [6, 6.07) is 0. The Balaban J connectivity index is 1.44. The summed E-state index contributed by atoms with van der Waals surface area (Å²) < 4.78 is 17.7. The average molecular weight is 513 g/mol. The first-order valence-corrected chi connectivity index (χ1v) is 14.1. The number of hydrogen-bond donors (Lipinski definition) is 2. The molecule has 1 aliphatic carbocycles. The minimum absolute atomic E-state index is 0.0714. The number of hydrogen-bond acceptors (Lipinski definition) is 6. The van der Waals surface area contributed by atoms with E-state index in [1.54, 1.807) is 12.2 Å². The normalized spacial score (nSPS) is 38.2. The quantitative estimate of drug-likeness (QED) is 0.310. The molecule has 4 aliphatic rings. The molecule has 0 aromatic carbocycles. The molecular weight excluding hydrogens is 468 g/mol. The molecule has 6 heteroatoms. The molecule has 1 saturated heterocycles. The zero-order valence-electron chi connectivity index (χ0n) is 22.1. The van der Waals surface area contributed by atoms with Gasteiger partial charge in [0.2, 0.25) is 0 Å². The van der Waals surface area contributed by atoms with Gasteiger partial charge >= 0.3 is 5.97 Å². The van der Waals surface area contributed by atoms with Crippen LogP contribution in [0.5, 0.6) is 0 Å². The molecule has 0 saturated carbocycles. The highest BCUT2D eigenvalue weighted by Gasteiger charge is 2.46. The molecule has 3 heterocycles. The van der Waals surface area contributed by atoms with Crippen LogP contribution in [0.15, 0.2) is 60.8 Å². The lowest BCUT2D eigenvalue weighted by Gasteiger charge is -2.28. The first-order chi connectivity index (χ1) is 17.9. The third-order valence-electron chi connectivity index (χ3n) is 7.81. The van der Waals surface area contributed by atoms with Crippen molar-refractivity contribution in [1.82, 2.24) is 0 Å². The first-order valence-electron chi connectivity index (χ1n) is 14.1. The molecule has 0 aromatic rings. The van der Waals surface area contributed by atoms with Crippen LogP contribution in [0.2, 0.25) is 0 Å². The van der Waals surface area contributed by atoms with Crippen molar-refractivity contribution in [3.8, 4) is 0 Å². The maximum atomic E-state index is 12.7. The van der Waals surface area contributed by atoms with Crippen LogP contribution >= 0.6 is 0 Å². The van der Waals surface area contributed by atoms with Crippen LogP contribution in [-0.2, 0) is 19.0 Å². The molecule has 8 atom stereocenters. The maximum absolute atomic E-state index is 12.7. The number of rotatable bonds is 3. The average Bonchev–Trinajstić information content (AvgIpc) is 3.65. The van der Waals surface area contributed by atoms with Gasteiger partial charge in [0.1, 0.15) is 18.3 Å². The van der Waals surface area contributed by atoms with Crippen molar-refractivity contribution in [2.24, 2.45) is 11.8 Å². The molecule has 37 heavy (non-hydrogen) atoms. The van der Waals surface area contributed by atoms with E-state index in [0.29, 0.717) is 31.1 Å². The first kappa shape index (κ1) is 28.0. The molecule has 1 unspecified atom stereocenters. The molecule has 0 spiro atoms. The van der Waals surface area contributed by atoms with Crippen LogP contribution in [0.3, 0.4) is 0 Å². The van der Waals surface area contributed by atoms with Crippen LogP contribution in [-0.4, -0.2) is 58.9 Å². The zero-order valence-corrected chi connectivity index (χ0v) is 22.1. The van der Waals surface area contributed by atoms with Crippen LogP contribution < -0.4 is 0 Å². The van der Waals surface area contributed by atoms with E-state index in [4.69, 9.17) is 14.2 Å². The van der Waals surface area contributed by atoms with E-state index in [9.17, 15) is 15.0 Å². The van der Waals surface area contributed by atoms with E-state index in [2.05, 4.69) is 43.9 Å². The Morgan fingerprint density at radius 1 is 1.05 bits per heavy atom. The molecule has 0 amide bonds. The molecule has 2 bridgehead atoms. The molecule has 204 valence electrons. The van der Waals surface area contributed by atoms with Gasteiger partial charge in [0.05, 0.1) is 24.4 Å². The topological polar surface area (TPSA) is 88.5 Å². The van der Waals surface area contributed by atoms with E-state index < -0.39 is 24.3 Å². The Kier molecular flexibility index (Phi) is 10.4. The van der Waals surface area contributed by atoms with Crippen molar-refractivity contribution < 1.29 is 29.2 Å². The lowest BCUT2D eigenvalue weighted by atomic mass is 9.91. The summed E-state index contributed by atoms with van der Waals surface area (Å²) in [5.41, 5.74) is 1.00. The monoisotopic (exact) mass is 512 g/mol. The van der Waals surface area contributed by atoms with Crippen molar-refractivity contribution in [1.29, 1.82) is 0 Å². The Hall–Kier alpha value is -1.99. The molecule has 3 aliphatic heterocycles. The number of esters is 1. The third kappa shape index (κ3) is 9.06. The van der Waals surface area contributed by atoms with Gasteiger partial charge < -0.3 is 24.4 Å². The number of fused-ring (bicyclic) bond motifs is 3. The highest BCUT2D eigenvalue weighted by atomic mass is 16.6. The zero-order chi connectivity index (χ0) is 26.2. The number of aliphatic hydroxyl groups is 2. The minimum Gasteiger partial charge on any atom is -0.456 e. The second kappa shape index (κ2) is 13.7. The number of ether oxygens (including phenoxy) is 3. The second-order valence-electron chi connectivity index (χ2n) is 11.3. The molecule has 1 fully saturated rings. The van der Waals surface area contributed by atoms with Gasteiger partial charge in [-0.1, -0.05) is 61.6 Å². The minimum atomic E-state index is -0.942. The fraction of sp³-hybridized carbons (Fsp3) is 0.645. The van der Waals surface area contributed by atoms with E-state index in [-0.39, 0.29) is 24.4 Å². The Morgan fingerprint density at radius 3 is 2.62 bits per heavy atom. The number of epoxide rings is 1. The fourth-order valence-electron chi connectivity index (χ4n) is 5.78. The number of aliphatic hydroxyl groups excluding tert-OH is 2. The number of allylic oxidation sites excluding steroid dienone is 3. The van der Waals surface area contributed by atoms with Gasteiger partial charge in [-0.05, 0) is 69.6 Å². The highest BCUT2D eigenvalue weighted by Crippen LogP contribution is 2.35. The largest absolute Gasteiger partial charge is 0.456 e. The molecule has 2 N–H and O–H groups in total. The van der Waals surface area contributed by atoms with E-state index in [1.165, 1.54) is 6.08 Å². The summed E-state index contributed by atoms with van der Waals surface area (Å²) in [5.74, 6) is 0.299. The Bertz CT molecular complexity index is 878. The summed E-state index contributed by atoms with van der Waals surface area (Å²) >= 11 is 0. The predicted molar refractivity (Wildman–Crippen MR) is 144 cm³/mol. The maximum Gasteiger partial charge on any atom is 0.330 e. The van der Waals surface area contributed by atoms with Crippen LogP contribution in [0, 0.1) is 11.8 Å². The van der Waals surface area contributed by atoms with Gasteiger partial charge in [0.15, 0.2) is 0 Å². The van der Waals surface area contributed by atoms with Gasteiger partial charge in [-0.3, -0.25) is 0 Å². The Morgan fingerprint density at radius 2 is 1.84 bits per heavy atom. The number of carbonyl (C=O) groups excluding carboxylic acids is 1. The number of carbonyl (C=O) groups is 1. The van der Waals surface area contributed by atoms with Gasteiger partial charge in [0.25, 0.3) is 0 Å². The summed E-state index contributed by atoms with van der Waals surface area (Å²) in [6.45, 7) is 6.40. The smallest absolute Gasteiger partial charge is 0.330 e. The summed E-state index contributed by atoms with van der Waals surface area (Å²) in [7, 11) is 0. The third-order valence-corrected chi connectivity index (χ3v) is 7.81. The van der Waals surface area contributed by atoms with Crippen molar-refractivity contribution >= 4 is 5.97 Å². The van der Waals surface area contributed by atoms with E-state index >= 15 is 0 Å².